The maximum absolute atomic E-state index is 8.47. The molecule has 14 heavy (non-hydrogen) atoms. The Kier molecular flexibility index (Phi) is 14.6. The Morgan fingerprint density at radius 1 is 1.07 bits per heavy atom. The van der Waals surface area contributed by atoms with Crippen molar-refractivity contribution in [1.29, 1.82) is 0 Å². The van der Waals surface area contributed by atoms with Crippen LogP contribution in [0.2, 0.25) is 0 Å². The predicted molar refractivity (Wildman–Crippen MR) is 65.5 cm³/mol. The summed E-state index contributed by atoms with van der Waals surface area (Å²) >= 11 is 0. The molecule has 0 bridgehead atoms. The molecule has 0 radical (unpaired) electrons. The zero-order valence-corrected chi connectivity index (χ0v) is 10.5. The molecule has 0 fully saturated rings. The lowest BCUT2D eigenvalue weighted by Crippen LogP contribution is -1.88. The van der Waals surface area contributed by atoms with Crippen molar-refractivity contribution in [3.05, 3.63) is 12.2 Å². The summed E-state index contributed by atoms with van der Waals surface area (Å²) in [6, 6.07) is 0. The maximum Gasteiger partial charge on any atom is 0.0431 e. The Bertz CT molecular complexity index is 112. The largest absolute Gasteiger partial charge is 0.396 e. The summed E-state index contributed by atoms with van der Waals surface area (Å²) in [7, 11) is 0. The highest BCUT2D eigenvalue weighted by Crippen LogP contribution is 2.08. The Balaban J connectivity index is 0. The van der Waals surface area contributed by atoms with Gasteiger partial charge in [0.25, 0.3) is 0 Å². The van der Waals surface area contributed by atoms with Gasteiger partial charge in [-0.1, -0.05) is 45.1 Å². The van der Waals surface area contributed by atoms with Crippen LogP contribution in [0.5, 0.6) is 0 Å². The first-order valence-electron chi connectivity index (χ1n) is 5.73. The van der Waals surface area contributed by atoms with Gasteiger partial charge >= 0.3 is 0 Å². The second kappa shape index (κ2) is 12.7. The molecule has 0 unspecified atom stereocenters. The van der Waals surface area contributed by atoms with Crippen LogP contribution in [0, 0.1) is 5.92 Å². The highest BCUT2D eigenvalue weighted by Gasteiger charge is 1.92. The normalized spacial score (nSPS) is 9.57. The number of aliphatic hydroxyl groups excluding tert-OH is 1. The average Bonchev–Trinajstić information content (AvgIpc) is 2.02. The predicted octanol–water partition coefficient (Wildman–Crippen LogP) is 4.17. The molecule has 86 valence electrons. The molecule has 0 aliphatic carbocycles. The molecule has 0 aromatic heterocycles. The molecule has 0 amide bonds. The molecular weight excluding hydrogens is 172 g/mol. The fraction of sp³-hybridized carbons (Fsp3) is 0.846. The number of unbranched alkanes of at least 4 members (excludes halogenated alkanes) is 3. The van der Waals surface area contributed by atoms with Crippen molar-refractivity contribution in [1.82, 2.24) is 0 Å². The van der Waals surface area contributed by atoms with E-state index in [1.54, 1.807) is 0 Å². The van der Waals surface area contributed by atoms with Gasteiger partial charge < -0.3 is 5.11 Å². The first-order valence-corrected chi connectivity index (χ1v) is 5.73. The van der Waals surface area contributed by atoms with Crippen LogP contribution < -0.4 is 0 Å². The van der Waals surface area contributed by atoms with E-state index in [0.29, 0.717) is 6.61 Å². The molecule has 0 spiro atoms. The van der Waals surface area contributed by atoms with Crippen LogP contribution in [0.3, 0.4) is 0 Å². The second-order valence-electron chi connectivity index (χ2n) is 4.53. The minimum atomic E-state index is 0.363. The van der Waals surface area contributed by atoms with E-state index in [9.17, 15) is 0 Å². The van der Waals surface area contributed by atoms with Gasteiger partial charge in [0.2, 0.25) is 0 Å². The molecule has 0 aliphatic heterocycles. The van der Waals surface area contributed by atoms with Gasteiger partial charge in [0.05, 0.1) is 0 Å². The third kappa shape index (κ3) is 29.8. The van der Waals surface area contributed by atoms with Crippen molar-refractivity contribution in [3.8, 4) is 0 Å². The van der Waals surface area contributed by atoms with E-state index in [2.05, 4.69) is 20.4 Å². The number of hydrogen-bond acceptors (Lipinski definition) is 1. The molecular formula is C13H28O. The molecule has 0 rings (SSSR count). The van der Waals surface area contributed by atoms with Gasteiger partial charge in [-0.2, -0.15) is 0 Å². The van der Waals surface area contributed by atoms with Crippen molar-refractivity contribution in [2.45, 2.75) is 59.8 Å². The zero-order valence-electron chi connectivity index (χ0n) is 10.5. The molecule has 0 atom stereocenters. The van der Waals surface area contributed by atoms with Gasteiger partial charge in [-0.3, -0.25) is 0 Å². The van der Waals surface area contributed by atoms with E-state index in [4.69, 9.17) is 5.11 Å². The number of allylic oxidation sites excluding steroid dienone is 1. The summed E-state index contributed by atoms with van der Waals surface area (Å²) in [5.74, 6) is 0.842. The Hall–Kier alpha value is -0.300. The van der Waals surface area contributed by atoms with E-state index >= 15 is 0 Å². The third-order valence-electron chi connectivity index (χ3n) is 1.69. The fourth-order valence-corrected chi connectivity index (χ4v) is 1.02. The second-order valence-corrected chi connectivity index (χ2v) is 4.53. The van der Waals surface area contributed by atoms with Crippen molar-refractivity contribution in [2.24, 2.45) is 5.92 Å². The summed E-state index contributed by atoms with van der Waals surface area (Å²) in [5, 5.41) is 8.47. The molecule has 0 aromatic carbocycles. The highest BCUT2D eigenvalue weighted by molar-refractivity contribution is 4.78. The molecule has 1 nitrogen and oxygen atoms in total. The van der Waals surface area contributed by atoms with Crippen molar-refractivity contribution >= 4 is 0 Å². The quantitative estimate of drug-likeness (QED) is 0.504. The van der Waals surface area contributed by atoms with Crippen LogP contribution in [0.25, 0.3) is 0 Å². The van der Waals surface area contributed by atoms with Crippen molar-refractivity contribution in [2.75, 3.05) is 6.61 Å². The first kappa shape index (κ1) is 16.1. The molecule has 0 heterocycles. The van der Waals surface area contributed by atoms with Gasteiger partial charge in [-0.05, 0) is 26.2 Å². The van der Waals surface area contributed by atoms with Gasteiger partial charge in [0.15, 0.2) is 0 Å². The molecule has 0 aliphatic rings. The number of aliphatic hydroxyl groups is 1. The Labute approximate surface area is 90.2 Å². The van der Waals surface area contributed by atoms with Crippen LogP contribution in [0.1, 0.15) is 59.8 Å². The molecule has 0 saturated carbocycles. The van der Waals surface area contributed by atoms with E-state index in [1.807, 2.05) is 13.8 Å². The van der Waals surface area contributed by atoms with E-state index < -0.39 is 0 Å². The van der Waals surface area contributed by atoms with Crippen molar-refractivity contribution in [3.63, 3.8) is 0 Å². The minimum Gasteiger partial charge on any atom is -0.396 e. The van der Waals surface area contributed by atoms with Crippen LogP contribution in [-0.4, -0.2) is 11.7 Å². The summed E-state index contributed by atoms with van der Waals surface area (Å²) in [4.78, 5) is 0. The zero-order chi connectivity index (χ0) is 11.4. The van der Waals surface area contributed by atoms with Gasteiger partial charge in [-0.15, -0.1) is 6.58 Å². The molecule has 0 aromatic rings. The summed E-state index contributed by atoms with van der Waals surface area (Å²) in [6.45, 7) is 12.4. The summed E-state index contributed by atoms with van der Waals surface area (Å²) < 4.78 is 0. The first-order chi connectivity index (χ1) is 6.50. The molecule has 0 saturated heterocycles. The average molecular weight is 200 g/mol. The summed E-state index contributed by atoms with van der Waals surface area (Å²) in [5.41, 5.74) is 1.17. The van der Waals surface area contributed by atoms with Gasteiger partial charge in [-0.25, -0.2) is 0 Å². The lowest BCUT2D eigenvalue weighted by atomic mass is 10.0. The molecule has 1 heteroatoms. The Morgan fingerprint density at radius 3 is 1.86 bits per heavy atom. The minimum absolute atomic E-state index is 0.363. The molecule has 1 N–H and O–H groups in total. The van der Waals surface area contributed by atoms with E-state index in [1.165, 1.54) is 31.3 Å². The standard InChI is InChI=1S/C9H20O.C4H8/c1-9(2)7-5-3-4-6-8-10;1-4(2)3/h9-10H,3-8H2,1-2H3;1H2,2-3H3. The van der Waals surface area contributed by atoms with E-state index in [0.717, 1.165) is 12.3 Å². The third-order valence-corrected chi connectivity index (χ3v) is 1.69. The SMILES string of the molecule is C=C(C)C.CC(C)CCCCCCO. The number of rotatable bonds is 6. The topological polar surface area (TPSA) is 20.2 Å². The van der Waals surface area contributed by atoms with Gasteiger partial charge in [0.1, 0.15) is 0 Å². The summed E-state index contributed by atoms with van der Waals surface area (Å²) in [6.07, 6.45) is 6.14. The van der Waals surface area contributed by atoms with E-state index in [-0.39, 0.29) is 0 Å². The monoisotopic (exact) mass is 200 g/mol. The van der Waals surface area contributed by atoms with Crippen LogP contribution in [0.4, 0.5) is 0 Å². The Morgan fingerprint density at radius 2 is 1.50 bits per heavy atom. The van der Waals surface area contributed by atoms with Crippen LogP contribution >= 0.6 is 0 Å². The highest BCUT2D eigenvalue weighted by atomic mass is 16.2. The van der Waals surface area contributed by atoms with Crippen LogP contribution in [-0.2, 0) is 0 Å². The van der Waals surface area contributed by atoms with Gasteiger partial charge in [0, 0.05) is 6.61 Å². The smallest absolute Gasteiger partial charge is 0.0431 e. The maximum atomic E-state index is 8.47. The van der Waals surface area contributed by atoms with Crippen molar-refractivity contribution < 1.29 is 5.11 Å². The lowest BCUT2D eigenvalue weighted by molar-refractivity contribution is 0.282. The number of hydrogen-bond donors (Lipinski definition) is 1. The fourth-order valence-electron chi connectivity index (χ4n) is 1.02. The lowest BCUT2D eigenvalue weighted by Gasteiger charge is -2.02. The van der Waals surface area contributed by atoms with Crippen LogP contribution in [0.15, 0.2) is 12.2 Å².